The summed E-state index contributed by atoms with van der Waals surface area (Å²) in [6.45, 7) is 3.63. The summed E-state index contributed by atoms with van der Waals surface area (Å²) in [5.41, 5.74) is 0. The standard InChI is InChI=1S/C14H15N3O5/c1-10-3-4-12(22-10)5-6-14(18)21-8-7-16-11(2)15-9-13(16)17(19)20/h3-6,9H,7-8H2,1-2H3/b6-5+. The zero-order valence-electron chi connectivity index (χ0n) is 12.2. The van der Waals surface area contributed by atoms with Gasteiger partial charge in [-0.2, -0.15) is 0 Å². The average Bonchev–Trinajstić information content (AvgIpc) is 3.03. The van der Waals surface area contributed by atoms with E-state index in [0.717, 1.165) is 5.76 Å². The number of ether oxygens (including phenoxy) is 1. The Labute approximate surface area is 126 Å². The van der Waals surface area contributed by atoms with Gasteiger partial charge in [-0.1, -0.05) is 0 Å². The molecule has 0 unspecified atom stereocenters. The number of carbonyl (C=O) groups excluding carboxylic acids is 1. The van der Waals surface area contributed by atoms with E-state index in [1.165, 1.54) is 22.9 Å². The van der Waals surface area contributed by atoms with E-state index in [2.05, 4.69) is 4.98 Å². The van der Waals surface area contributed by atoms with E-state index in [0.29, 0.717) is 11.6 Å². The predicted molar refractivity (Wildman–Crippen MR) is 77.1 cm³/mol. The Morgan fingerprint density at radius 3 is 2.91 bits per heavy atom. The largest absolute Gasteiger partial charge is 0.462 e. The summed E-state index contributed by atoms with van der Waals surface area (Å²) in [4.78, 5) is 25.7. The highest BCUT2D eigenvalue weighted by Crippen LogP contribution is 2.13. The van der Waals surface area contributed by atoms with Gasteiger partial charge in [0.25, 0.3) is 0 Å². The Kier molecular flexibility index (Phi) is 4.72. The van der Waals surface area contributed by atoms with Crippen LogP contribution in [-0.4, -0.2) is 27.1 Å². The first-order chi connectivity index (χ1) is 10.5. The van der Waals surface area contributed by atoms with Crippen molar-refractivity contribution in [2.45, 2.75) is 20.4 Å². The van der Waals surface area contributed by atoms with E-state index >= 15 is 0 Å². The summed E-state index contributed by atoms with van der Waals surface area (Å²) in [6, 6.07) is 3.52. The number of aryl methyl sites for hydroxylation is 2. The Bertz CT molecular complexity index is 714. The van der Waals surface area contributed by atoms with Crippen molar-refractivity contribution in [1.29, 1.82) is 0 Å². The van der Waals surface area contributed by atoms with Gasteiger partial charge < -0.3 is 19.3 Å². The van der Waals surface area contributed by atoms with Crippen LogP contribution in [0.5, 0.6) is 0 Å². The van der Waals surface area contributed by atoms with Crippen LogP contribution in [0.4, 0.5) is 5.82 Å². The molecule has 0 fully saturated rings. The molecule has 8 heteroatoms. The highest BCUT2D eigenvalue weighted by Gasteiger charge is 2.17. The number of nitrogens with zero attached hydrogens (tertiary/aromatic N) is 3. The van der Waals surface area contributed by atoms with Gasteiger partial charge in [-0.05, 0) is 30.1 Å². The second-order valence-electron chi connectivity index (χ2n) is 4.52. The minimum atomic E-state index is -0.547. The summed E-state index contributed by atoms with van der Waals surface area (Å²) in [7, 11) is 0. The van der Waals surface area contributed by atoms with Crippen LogP contribution >= 0.6 is 0 Å². The molecule has 0 saturated heterocycles. The first-order valence-electron chi connectivity index (χ1n) is 6.55. The molecule has 0 atom stereocenters. The Morgan fingerprint density at radius 1 is 1.50 bits per heavy atom. The summed E-state index contributed by atoms with van der Waals surface area (Å²) < 4.78 is 11.6. The zero-order chi connectivity index (χ0) is 16.1. The van der Waals surface area contributed by atoms with Gasteiger partial charge in [-0.25, -0.2) is 14.3 Å². The quantitative estimate of drug-likeness (QED) is 0.351. The average molecular weight is 305 g/mol. The number of nitro groups is 1. The van der Waals surface area contributed by atoms with Crippen LogP contribution in [-0.2, 0) is 16.1 Å². The Hall–Kier alpha value is -2.90. The van der Waals surface area contributed by atoms with Gasteiger partial charge >= 0.3 is 11.8 Å². The minimum Gasteiger partial charge on any atom is -0.462 e. The molecule has 0 saturated carbocycles. The summed E-state index contributed by atoms with van der Waals surface area (Å²) in [5.74, 6) is 1.11. The van der Waals surface area contributed by atoms with Crippen molar-refractivity contribution in [2.75, 3.05) is 6.61 Å². The fraction of sp³-hybridized carbons (Fsp3) is 0.286. The molecule has 0 aliphatic rings. The highest BCUT2D eigenvalue weighted by molar-refractivity contribution is 5.86. The second kappa shape index (κ2) is 6.70. The van der Waals surface area contributed by atoms with Gasteiger partial charge in [0.05, 0.1) is 0 Å². The lowest BCUT2D eigenvalue weighted by Crippen LogP contribution is -2.12. The maximum absolute atomic E-state index is 11.5. The van der Waals surface area contributed by atoms with E-state index in [-0.39, 0.29) is 19.0 Å². The number of rotatable bonds is 6. The number of hydrogen-bond acceptors (Lipinski definition) is 6. The van der Waals surface area contributed by atoms with Gasteiger partial charge in [0.1, 0.15) is 30.9 Å². The van der Waals surface area contributed by atoms with Crippen molar-refractivity contribution >= 4 is 17.9 Å². The molecule has 2 aromatic rings. The molecule has 0 aliphatic carbocycles. The van der Waals surface area contributed by atoms with E-state index < -0.39 is 10.9 Å². The van der Waals surface area contributed by atoms with E-state index in [1.54, 1.807) is 26.0 Å². The van der Waals surface area contributed by atoms with Crippen molar-refractivity contribution in [2.24, 2.45) is 0 Å². The van der Waals surface area contributed by atoms with Gasteiger partial charge in [0.15, 0.2) is 5.82 Å². The minimum absolute atomic E-state index is 0.0123. The maximum Gasteiger partial charge on any atom is 0.342 e. The van der Waals surface area contributed by atoms with Crippen LogP contribution in [0.1, 0.15) is 17.3 Å². The van der Waals surface area contributed by atoms with Crippen molar-refractivity contribution in [1.82, 2.24) is 9.55 Å². The van der Waals surface area contributed by atoms with Crippen LogP contribution in [0.25, 0.3) is 6.08 Å². The maximum atomic E-state index is 11.5. The number of imidazole rings is 1. The van der Waals surface area contributed by atoms with E-state index in [4.69, 9.17) is 9.15 Å². The number of esters is 1. The van der Waals surface area contributed by atoms with E-state index in [9.17, 15) is 14.9 Å². The molecule has 0 amide bonds. The molecular formula is C14H15N3O5. The molecule has 22 heavy (non-hydrogen) atoms. The Balaban J connectivity index is 1.86. The number of hydrogen-bond donors (Lipinski definition) is 0. The number of aromatic nitrogens is 2. The molecule has 0 aliphatic heterocycles. The third-order valence-corrected chi connectivity index (χ3v) is 2.93. The van der Waals surface area contributed by atoms with Gasteiger partial charge in [-0.15, -0.1) is 0 Å². The van der Waals surface area contributed by atoms with Crippen LogP contribution in [0.2, 0.25) is 0 Å². The van der Waals surface area contributed by atoms with Crippen molar-refractivity contribution in [3.8, 4) is 0 Å². The third kappa shape index (κ3) is 3.81. The second-order valence-corrected chi connectivity index (χ2v) is 4.52. The molecule has 8 nitrogen and oxygen atoms in total. The molecule has 0 radical (unpaired) electrons. The Morgan fingerprint density at radius 2 is 2.27 bits per heavy atom. The first kappa shape index (κ1) is 15.5. The fourth-order valence-electron chi connectivity index (χ4n) is 1.86. The zero-order valence-corrected chi connectivity index (χ0v) is 12.2. The molecule has 0 N–H and O–H groups in total. The van der Waals surface area contributed by atoms with Gasteiger partial charge in [0, 0.05) is 13.0 Å². The van der Waals surface area contributed by atoms with Gasteiger partial charge in [0.2, 0.25) is 0 Å². The van der Waals surface area contributed by atoms with Crippen LogP contribution in [0.3, 0.4) is 0 Å². The van der Waals surface area contributed by atoms with Crippen molar-refractivity contribution in [3.63, 3.8) is 0 Å². The van der Waals surface area contributed by atoms with Crippen molar-refractivity contribution in [3.05, 3.63) is 51.9 Å². The van der Waals surface area contributed by atoms with Crippen LogP contribution < -0.4 is 0 Å². The smallest absolute Gasteiger partial charge is 0.342 e. The topological polar surface area (TPSA) is 100 Å². The lowest BCUT2D eigenvalue weighted by molar-refractivity contribution is -0.392. The van der Waals surface area contributed by atoms with Crippen LogP contribution in [0, 0.1) is 24.0 Å². The SMILES string of the molecule is Cc1ccc(/C=C/C(=O)OCCn2c([N+](=O)[O-])cnc2C)o1. The monoisotopic (exact) mass is 305 g/mol. The lowest BCUT2D eigenvalue weighted by Gasteiger charge is -2.03. The number of furan rings is 1. The predicted octanol–water partition coefficient (Wildman–Crippen LogP) is 2.26. The fourth-order valence-corrected chi connectivity index (χ4v) is 1.86. The summed E-state index contributed by atoms with van der Waals surface area (Å²) in [5, 5.41) is 10.8. The molecule has 116 valence electrons. The molecule has 0 aromatic carbocycles. The lowest BCUT2D eigenvalue weighted by atomic mass is 10.4. The first-order valence-corrected chi connectivity index (χ1v) is 6.55. The molecular weight excluding hydrogens is 290 g/mol. The van der Waals surface area contributed by atoms with Gasteiger partial charge in [-0.3, -0.25) is 0 Å². The molecule has 2 heterocycles. The third-order valence-electron chi connectivity index (χ3n) is 2.93. The normalized spacial score (nSPS) is 11.0. The summed E-state index contributed by atoms with van der Waals surface area (Å²) in [6.07, 6.45) is 3.92. The number of carbonyl (C=O) groups is 1. The molecule has 0 bridgehead atoms. The van der Waals surface area contributed by atoms with E-state index in [1.807, 2.05) is 0 Å². The molecule has 0 spiro atoms. The van der Waals surface area contributed by atoms with Crippen LogP contribution in [0.15, 0.2) is 28.8 Å². The molecule has 2 rings (SSSR count). The van der Waals surface area contributed by atoms with Crippen molar-refractivity contribution < 1.29 is 18.9 Å². The highest BCUT2D eigenvalue weighted by atomic mass is 16.6. The summed E-state index contributed by atoms with van der Waals surface area (Å²) >= 11 is 0. The molecule has 2 aromatic heterocycles.